The summed E-state index contributed by atoms with van der Waals surface area (Å²) in [4.78, 5) is 35.9. The van der Waals surface area contributed by atoms with Crippen molar-refractivity contribution in [2.45, 2.75) is 26.2 Å². The lowest BCUT2D eigenvalue weighted by Gasteiger charge is -2.15. The lowest BCUT2D eigenvalue weighted by atomic mass is 10.1. The van der Waals surface area contributed by atoms with Gasteiger partial charge in [0.1, 0.15) is 23.7 Å². The molecule has 1 aliphatic heterocycles. The molecule has 1 saturated heterocycles. The van der Waals surface area contributed by atoms with Crippen molar-refractivity contribution in [1.82, 2.24) is 40.0 Å². The zero-order chi connectivity index (χ0) is 30.0. The van der Waals surface area contributed by atoms with Gasteiger partial charge in [-0.2, -0.15) is 5.10 Å². The Balaban J connectivity index is 1.20. The molecule has 0 unspecified atom stereocenters. The van der Waals surface area contributed by atoms with Crippen LogP contribution in [-0.2, 0) is 4.79 Å². The first-order valence-electron chi connectivity index (χ1n) is 14.7. The Labute approximate surface area is 251 Å². The number of rotatable bonds is 9. The summed E-state index contributed by atoms with van der Waals surface area (Å²) < 4.78 is 20.7. The molecular weight excluding hydrogens is 561 g/mol. The molecule has 0 radical (unpaired) electrons. The van der Waals surface area contributed by atoms with E-state index in [0.29, 0.717) is 63.9 Å². The second kappa shape index (κ2) is 11.8. The number of H-pyrrole nitrogens is 2. The number of hydrogen-bond acceptors (Lipinski definition) is 8. The fraction of sp³-hybridized carbons (Fsp3) is 0.250. The number of carbonyl (C=O) groups excluding carboxylic acids is 1. The van der Waals surface area contributed by atoms with E-state index in [0.717, 1.165) is 36.3 Å². The van der Waals surface area contributed by atoms with Crippen molar-refractivity contribution in [3.8, 4) is 39.7 Å². The van der Waals surface area contributed by atoms with Gasteiger partial charge in [0, 0.05) is 42.6 Å². The van der Waals surface area contributed by atoms with Gasteiger partial charge in [0.2, 0.25) is 5.91 Å². The molecule has 222 valence electrons. The number of anilines is 1. The number of benzene rings is 1. The molecule has 12 heteroatoms. The van der Waals surface area contributed by atoms with Gasteiger partial charge in [-0.15, -0.1) is 0 Å². The highest BCUT2D eigenvalue weighted by Gasteiger charge is 2.18. The van der Waals surface area contributed by atoms with Crippen molar-refractivity contribution in [3.05, 3.63) is 66.9 Å². The molecule has 3 N–H and O–H groups in total. The molecule has 0 saturated carbocycles. The third kappa shape index (κ3) is 5.59. The van der Waals surface area contributed by atoms with E-state index in [1.54, 1.807) is 25.5 Å². The summed E-state index contributed by atoms with van der Waals surface area (Å²) in [5.41, 5.74) is 6.34. The molecule has 1 fully saturated rings. The van der Waals surface area contributed by atoms with Crippen LogP contribution < -0.4 is 10.1 Å². The Morgan fingerprint density at radius 1 is 1.07 bits per heavy atom. The van der Waals surface area contributed by atoms with Crippen molar-refractivity contribution >= 4 is 33.8 Å². The van der Waals surface area contributed by atoms with Gasteiger partial charge < -0.3 is 15.0 Å². The Bertz CT molecular complexity index is 1980. The molecule has 1 amide bonds. The molecule has 1 aliphatic rings. The van der Waals surface area contributed by atoms with Crippen molar-refractivity contribution in [3.63, 3.8) is 0 Å². The van der Waals surface area contributed by atoms with E-state index in [2.05, 4.69) is 35.4 Å². The van der Waals surface area contributed by atoms with Crippen molar-refractivity contribution in [2.75, 3.05) is 31.6 Å². The van der Waals surface area contributed by atoms with Gasteiger partial charge in [0.25, 0.3) is 0 Å². The van der Waals surface area contributed by atoms with Gasteiger partial charge in [-0.25, -0.2) is 19.3 Å². The van der Waals surface area contributed by atoms with Crippen molar-refractivity contribution in [2.24, 2.45) is 0 Å². The smallest absolute Gasteiger partial charge is 0.224 e. The summed E-state index contributed by atoms with van der Waals surface area (Å²) in [5, 5.41) is 10.3. The molecule has 6 heterocycles. The van der Waals surface area contributed by atoms with Crippen LogP contribution in [0.25, 0.3) is 56.1 Å². The second-order valence-corrected chi connectivity index (χ2v) is 10.7. The third-order valence-electron chi connectivity index (χ3n) is 7.72. The monoisotopic (exact) mass is 591 g/mol. The number of nitrogens with one attached hydrogen (secondary N) is 3. The number of halogens is 1. The lowest BCUT2D eigenvalue weighted by molar-refractivity contribution is -0.115. The molecular formula is C32H30FN9O2. The van der Waals surface area contributed by atoms with Crippen molar-refractivity contribution < 1.29 is 13.9 Å². The highest BCUT2D eigenvalue weighted by molar-refractivity contribution is 5.95. The second-order valence-electron chi connectivity index (χ2n) is 10.7. The molecule has 5 aromatic heterocycles. The topological polar surface area (TPSA) is 138 Å². The quantitative estimate of drug-likeness (QED) is 0.198. The Kier molecular flexibility index (Phi) is 7.40. The average Bonchev–Trinajstić information content (AvgIpc) is 3.80. The average molecular weight is 592 g/mol. The summed E-state index contributed by atoms with van der Waals surface area (Å²) >= 11 is 0. The third-order valence-corrected chi connectivity index (χ3v) is 7.72. The van der Waals surface area contributed by atoms with Gasteiger partial charge in [-0.1, -0.05) is 6.92 Å². The summed E-state index contributed by atoms with van der Waals surface area (Å²) in [6.07, 6.45) is 7.73. The van der Waals surface area contributed by atoms with Crippen LogP contribution in [0, 0.1) is 5.82 Å². The first-order valence-corrected chi connectivity index (χ1v) is 14.7. The molecule has 44 heavy (non-hydrogen) atoms. The number of pyridine rings is 3. The number of imidazole rings is 1. The molecule has 6 aromatic rings. The molecule has 0 aliphatic carbocycles. The molecule has 0 bridgehead atoms. The number of likely N-dealkylation sites (tertiary alicyclic amines) is 1. The first kappa shape index (κ1) is 27.6. The minimum absolute atomic E-state index is 0.0955. The number of ether oxygens (including phenoxy) is 1. The highest BCUT2D eigenvalue weighted by Crippen LogP contribution is 2.33. The van der Waals surface area contributed by atoms with E-state index in [-0.39, 0.29) is 11.7 Å². The number of fused-ring (bicyclic) bond motifs is 2. The standard InChI is InChI=1S/C32H30FN9O2/c1-2-27(43)36-22-14-20(17-34-18-22)25-5-6-26-29(37-25)30(41-40-26)32-38-28-24(7-8-35-31(28)39-32)19-13-21(33)16-23(15-19)44-12-11-42-9-3-4-10-42/h5-8,13-18H,2-4,9-12H2,1H3,(H,36,43)(H,40,41)(H,35,38,39). The van der Waals surface area contributed by atoms with Crippen molar-refractivity contribution in [1.29, 1.82) is 0 Å². The van der Waals surface area contributed by atoms with Gasteiger partial charge in [-0.05, 0) is 67.9 Å². The van der Waals surface area contributed by atoms with E-state index < -0.39 is 0 Å². The normalized spacial score (nSPS) is 13.6. The van der Waals surface area contributed by atoms with Gasteiger partial charge in [-0.3, -0.25) is 19.8 Å². The SMILES string of the molecule is CCC(=O)Nc1cncc(-c2ccc3[nH]nc(-c4nc5nccc(-c6cc(F)cc(OCCN7CCCC7)c6)c5[nH]4)c3n2)c1. The number of carbonyl (C=O) groups is 1. The zero-order valence-electron chi connectivity index (χ0n) is 24.1. The van der Waals surface area contributed by atoms with Crippen LogP contribution in [0.5, 0.6) is 5.75 Å². The maximum Gasteiger partial charge on any atom is 0.224 e. The maximum absolute atomic E-state index is 14.7. The number of aromatic nitrogens is 7. The highest BCUT2D eigenvalue weighted by atomic mass is 19.1. The molecule has 7 rings (SSSR count). The summed E-state index contributed by atoms with van der Waals surface area (Å²) in [6, 6.07) is 12.1. The van der Waals surface area contributed by atoms with E-state index in [1.165, 1.54) is 25.0 Å². The lowest BCUT2D eigenvalue weighted by Crippen LogP contribution is -2.25. The fourth-order valence-electron chi connectivity index (χ4n) is 5.49. The Hall–Kier alpha value is -5.23. The predicted molar refractivity (Wildman–Crippen MR) is 165 cm³/mol. The van der Waals surface area contributed by atoms with Crippen LogP contribution in [0.1, 0.15) is 26.2 Å². The van der Waals surface area contributed by atoms with Crippen LogP contribution in [-0.4, -0.2) is 72.2 Å². The maximum atomic E-state index is 14.7. The summed E-state index contributed by atoms with van der Waals surface area (Å²) in [5.74, 6) is 0.469. The number of hydrogen-bond donors (Lipinski definition) is 3. The van der Waals surface area contributed by atoms with Gasteiger partial charge in [0.15, 0.2) is 17.2 Å². The molecule has 0 atom stereocenters. The molecule has 11 nitrogen and oxygen atoms in total. The van der Waals surface area contributed by atoms with Crippen LogP contribution in [0.4, 0.5) is 10.1 Å². The van der Waals surface area contributed by atoms with Crippen LogP contribution >= 0.6 is 0 Å². The Morgan fingerprint density at radius 2 is 1.95 bits per heavy atom. The van der Waals surface area contributed by atoms with E-state index in [9.17, 15) is 9.18 Å². The minimum atomic E-state index is -0.383. The first-order chi connectivity index (χ1) is 21.5. The van der Waals surface area contributed by atoms with E-state index in [1.807, 2.05) is 30.3 Å². The molecule has 1 aromatic carbocycles. The number of aromatic amines is 2. The zero-order valence-corrected chi connectivity index (χ0v) is 24.1. The molecule has 0 spiro atoms. The van der Waals surface area contributed by atoms with Gasteiger partial charge in [0.05, 0.1) is 28.6 Å². The fourth-order valence-corrected chi connectivity index (χ4v) is 5.49. The van der Waals surface area contributed by atoms with E-state index in [4.69, 9.17) is 14.7 Å². The van der Waals surface area contributed by atoms with Gasteiger partial charge >= 0.3 is 0 Å². The largest absolute Gasteiger partial charge is 0.492 e. The summed E-state index contributed by atoms with van der Waals surface area (Å²) in [7, 11) is 0. The van der Waals surface area contributed by atoms with E-state index >= 15 is 0 Å². The predicted octanol–water partition coefficient (Wildman–Crippen LogP) is 5.59. The van der Waals surface area contributed by atoms with Crippen LogP contribution in [0.3, 0.4) is 0 Å². The summed E-state index contributed by atoms with van der Waals surface area (Å²) in [6.45, 7) is 5.28. The van der Waals surface area contributed by atoms with Crippen LogP contribution in [0.2, 0.25) is 0 Å². The Morgan fingerprint density at radius 3 is 2.82 bits per heavy atom. The number of nitrogens with zero attached hydrogens (tertiary/aromatic N) is 6. The minimum Gasteiger partial charge on any atom is -0.492 e. The number of amides is 1. The van der Waals surface area contributed by atoms with Crippen LogP contribution in [0.15, 0.2) is 61.1 Å².